The molecule has 1 aromatic carbocycles. The highest BCUT2D eigenvalue weighted by Crippen LogP contribution is 2.24. The van der Waals surface area contributed by atoms with Gasteiger partial charge in [0, 0.05) is 30.7 Å². The molecule has 1 saturated heterocycles. The van der Waals surface area contributed by atoms with Crippen molar-refractivity contribution in [2.24, 2.45) is 5.92 Å². The van der Waals surface area contributed by atoms with E-state index in [2.05, 4.69) is 21.2 Å². The Kier molecular flexibility index (Phi) is 6.58. The number of aliphatic hydroxyl groups excluding tert-OH is 1. The third-order valence-electron chi connectivity index (χ3n) is 3.84. The summed E-state index contributed by atoms with van der Waals surface area (Å²) in [5.74, 6) is -0.484. The molecule has 0 unspecified atom stereocenters. The molecule has 8 heteroatoms. The summed E-state index contributed by atoms with van der Waals surface area (Å²) in [5.41, 5.74) is 0. The molecule has 23 heavy (non-hydrogen) atoms. The second kappa shape index (κ2) is 8.23. The van der Waals surface area contributed by atoms with E-state index in [1.807, 2.05) is 0 Å². The van der Waals surface area contributed by atoms with E-state index in [-0.39, 0.29) is 29.9 Å². The van der Waals surface area contributed by atoms with E-state index in [1.54, 1.807) is 24.3 Å². The van der Waals surface area contributed by atoms with Crippen molar-refractivity contribution in [3.63, 3.8) is 0 Å². The van der Waals surface area contributed by atoms with Gasteiger partial charge < -0.3 is 10.4 Å². The number of hydrogen-bond acceptors (Lipinski definition) is 4. The van der Waals surface area contributed by atoms with Crippen molar-refractivity contribution in [3.05, 3.63) is 28.7 Å². The number of amides is 1. The van der Waals surface area contributed by atoms with E-state index in [0.717, 1.165) is 4.47 Å². The zero-order chi connectivity index (χ0) is 16.9. The molecule has 6 nitrogen and oxygen atoms in total. The fourth-order valence-electron chi connectivity index (χ4n) is 2.57. The van der Waals surface area contributed by atoms with Gasteiger partial charge in [0.2, 0.25) is 15.9 Å². The van der Waals surface area contributed by atoms with Crippen molar-refractivity contribution in [2.45, 2.75) is 24.2 Å². The number of carbonyl (C=O) groups excluding carboxylic acids is 1. The van der Waals surface area contributed by atoms with Gasteiger partial charge in [-0.1, -0.05) is 15.9 Å². The van der Waals surface area contributed by atoms with Crippen molar-refractivity contribution in [2.75, 3.05) is 26.2 Å². The van der Waals surface area contributed by atoms with Crippen LogP contribution in [0.4, 0.5) is 0 Å². The minimum atomic E-state index is -3.58. The molecule has 0 aromatic heterocycles. The van der Waals surface area contributed by atoms with E-state index < -0.39 is 10.0 Å². The Morgan fingerprint density at radius 3 is 2.70 bits per heavy atom. The van der Waals surface area contributed by atoms with Crippen molar-refractivity contribution < 1.29 is 18.3 Å². The number of rotatable bonds is 6. The van der Waals surface area contributed by atoms with E-state index in [4.69, 9.17) is 5.11 Å². The van der Waals surface area contributed by atoms with E-state index in [1.165, 1.54) is 4.31 Å². The van der Waals surface area contributed by atoms with Crippen molar-refractivity contribution in [1.29, 1.82) is 0 Å². The predicted molar refractivity (Wildman–Crippen MR) is 90.3 cm³/mol. The molecular weight excluding hydrogens is 384 g/mol. The Labute approximate surface area is 145 Å². The van der Waals surface area contributed by atoms with Gasteiger partial charge >= 0.3 is 0 Å². The SMILES string of the molecule is O=C(NCCCO)[C@@H]1CCCN(S(=O)(=O)c2ccc(Br)cc2)C1. The molecule has 128 valence electrons. The molecule has 0 radical (unpaired) electrons. The van der Waals surface area contributed by atoms with Gasteiger partial charge in [0.15, 0.2) is 0 Å². The van der Waals surface area contributed by atoms with Crippen LogP contribution in [0.5, 0.6) is 0 Å². The number of piperidine rings is 1. The maximum Gasteiger partial charge on any atom is 0.243 e. The third kappa shape index (κ3) is 4.76. The lowest BCUT2D eigenvalue weighted by Crippen LogP contribution is -2.45. The fraction of sp³-hybridized carbons (Fsp3) is 0.533. The van der Waals surface area contributed by atoms with Crippen LogP contribution in [0.15, 0.2) is 33.6 Å². The first-order valence-corrected chi connectivity index (χ1v) is 9.82. The Balaban J connectivity index is 2.05. The summed E-state index contributed by atoms with van der Waals surface area (Å²) in [7, 11) is -3.58. The van der Waals surface area contributed by atoms with Gasteiger partial charge in [0.25, 0.3) is 0 Å². The fourth-order valence-corrected chi connectivity index (χ4v) is 4.35. The molecule has 1 aliphatic heterocycles. The molecule has 1 amide bonds. The van der Waals surface area contributed by atoms with E-state index in [0.29, 0.717) is 32.4 Å². The summed E-state index contributed by atoms with van der Waals surface area (Å²) in [4.78, 5) is 12.3. The summed E-state index contributed by atoms with van der Waals surface area (Å²) in [5, 5.41) is 11.5. The predicted octanol–water partition coefficient (Wildman–Crippen LogP) is 1.35. The Bertz CT molecular complexity index is 633. The summed E-state index contributed by atoms with van der Waals surface area (Å²) in [6.45, 7) is 1.06. The largest absolute Gasteiger partial charge is 0.396 e. The maximum absolute atomic E-state index is 12.7. The molecule has 1 aromatic rings. The summed E-state index contributed by atoms with van der Waals surface area (Å²) in [6.07, 6.45) is 1.84. The van der Waals surface area contributed by atoms with E-state index in [9.17, 15) is 13.2 Å². The molecule has 0 aliphatic carbocycles. The van der Waals surface area contributed by atoms with Crippen molar-refractivity contribution >= 4 is 31.9 Å². The van der Waals surface area contributed by atoms with Gasteiger partial charge in [-0.25, -0.2) is 8.42 Å². The number of hydrogen-bond donors (Lipinski definition) is 2. The van der Waals surface area contributed by atoms with Gasteiger partial charge in [0.1, 0.15) is 0 Å². The molecule has 1 aliphatic rings. The highest BCUT2D eigenvalue weighted by atomic mass is 79.9. The minimum absolute atomic E-state index is 0.0228. The summed E-state index contributed by atoms with van der Waals surface area (Å²) < 4.78 is 27.5. The number of aliphatic hydroxyl groups is 1. The molecule has 1 heterocycles. The quantitative estimate of drug-likeness (QED) is 0.700. The van der Waals surface area contributed by atoms with Crippen molar-refractivity contribution in [1.82, 2.24) is 9.62 Å². The summed E-state index contributed by atoms with van der Waals surface area (Å²) in [6, 6.07) is 6.50. The van der Waals surface area contributed by atoms with Gasteiger partial charge in [-0.15, -0.1) is 0 Å². The highest BCUT2D eigenvalue weighted by Gasteiger charge is 2.33. The molecule has 0 saturated carbocycles. The minimum Gasteiger partial charge on any atom is -0.396 e. The lowest BCUT2D eigenvalue weighted by molar-refractivity contribution is -0.126. The Hall–Kier alpha value is -0.960. The molecule has 1 atom stereocenters. The van der Waals surface area contributed by atoms with Gasteiger partial charge in [-0.2, -0.15) is 4.31 Å². The van der Waals surface area contributed by atoms with E-state index >= 15 is 0 Å². The zero-order valence-electron chi connectivity index (χ0n) is 12.7. The second-order valence-corrected chi connectivity index (χ2v) is 8.38. The molecule has 0 spiro atoms. The van der Waals surface area contributed by atoms with Crippen LogP contribution in [-0.2, 0) is 14.8 Å². The standard InChI is InChI=1S/C15H21BrN2O4S/c16-13-4-6-14(7-5-13)23(21,22)18-9-1-3-12(11-18)15(20)17-8-2-10-19/h4-7,12,19H,1-3,8-11H2,(H,17,20)/t12-/m1/s1. The molecular formula is C15H21BrN2O4S. The van der Waals surface area contributed by atoms with Crippen LogP contribution in [-0.4, -0.2) is 50.0 Å². The van der Waals surface area contributed by atoms with Crippen LogP contribution in [0, 0.1) is 5.92 Å². The number of carbonyl (C=O) groups is 1. The number of benzene rings is 1. The Morgan fingerprint density at radius 2 is 2.04 bits per heavy atom. The van der Waals surface area contributed by atoms with Crippen LogP contribution in [0.2, 0.25) is 0 Å². The van der Waals surface area contributed by atoms with Gasteiger partial charge in [-0.3, -0.25) is 4.79 Å². The lowest BCUT2D eigenvalue weighted by atomic mass is 9.99. The van der Waals surface area contributed by atoms with Crippen LogP contribution in [0.25, 0.3) is 0 Å². The van der Waals surface area contributed by atoms with Crippen LogP contribution in [0.3, 0.4) is 0 Å². The first-order valence-electron chi connectivity index (χ1n) is 7.59. The molecule has 2 rings (SSSR count). The first-order chi connectivity index (χ1) is 10.9. The number of halogens is 1. The molecule has 2 N–H and O–H groups in total. The van der Waals surface area contributed by atoms with Crippen LogP contribution in [0.1, 0.15) is 19.3 Å². The number of nitrogens with zero attached hydrogens (tertiary/aromatic N) is 1. The average Bonchev–Trinajstić information content (AvgIpc) is 2.55. The molecule has 0 bridgehead atoms. The first kappa shape index (κ1) is 18.4. The maximum atomic E-state index is 12.7. The normalized spacial score (nSPS) is 19.5. The zero-order valence-corrected chi connectivity index (χ0v) is 15.1. The second-order valence-electron chi connectivity index (χ2n) is 5.52. The summed E-state index contributed by atoms with van der Waals surface area (Å²) >= 11 is 3.29. The van der Waals surface area contributed by atoms with Crippen LogP contribution < -0.4 is 5.32 Å². The third-order valence-corrected chi connectivity index (χ3v) is 6.25. The monoisotopic (exact) mass is 404 g/mol. The topological polar surface area (TPSA) is 86.7 Å². The van der Waals surface area contributed by atoms with Gasteiger partial charge in [-0.05, 0) is 43.5 Å². The van der Waals surface area contributed by atoms with Crippen LogP contribution >= 0.6 is 15.9 Å². The van der Waals surface area contributed by atoms with Gasteiger partial charge in [0.05, 0.1) is 10.8 Å². The lowest BCUT2D eigenvalue weighted by Gasteiger charge is -2.31. The Morgan fingerprint density at radius 1 is 1.35 bits per heavy atom. The highest BCUT2D eigenvalue weighted by molar-refractivity contribution is 9.10. The molecule has 1 fully saturated rings. The van der Waals surface area contributed by atoms with Crippen molar-refractivity contribution in [3.8, 4) is 0 Å². The number of sulfonamides is 1. The number of nitrogens with one attached hydrogen (secondary N) is 1. The average molecular weight is 405 g/mol. The smallest absolute Gasteiger partial charge is 0.243 e.